The molecule has 30 heavy (non-hydrogen) atoms. The van der Waals surface area contributed by atoms with E-state index in [0.717, 1.165) is 25.7 Å². The highest BCUT2D eigenvalue weighted by atomic mass is 35.5. The van der Waals surface area contributed by atoms with E-state index in [9.17, 15) is 13.2 Å². The number of hydrogen-bond acceptors (Lipinski definition) is 4. The zero-order chi connectivity index (χ0) is 21.9. The van der Waals surface area contributed by atoms with Crippen molar-refractivity contribution in [3.8, 4) is 5.75 Å². The molecule has 2 aromatic carbocycles. The Kier molecular flexibility index (Phi) is 7.16. The molecule has 0 saturated heterocycles. The lowest BCUT2D eigenvalue weighted by Crippen LogP contribution is -2.41. The number of sulfonamides is 1. The summed E-state index contributed by atoms with van der Waals surface area (Å²) in [5, 5.41) is 3.56. The lowest BCUT2D eigenvalue weighted by atomic mass is 9.86. The van der Waals surface area contributed by atoms with Gasteiger partial charge in [-0.15, -0.1) is 0 Å². The highest BCUT2D eigenvalue weighted by Crippen LogP contribution is 2.31. The van der Waals surface area contributed by atoms with Crippen LogP contribution in [0.25, 0.3) is 0 Å². The molecule has 1 aliphatic carbocycles. The molecule has 2 atom stereocenters. The average molecular weight is 471 g/mol. The number of hydrogen-bond donors (Lipinski definition) is 2. The molecule has 0 aromatic heterocycles. The van der Waals surface area contributed by atoms with Gasteiger partial charge >= 0.3 is 0 Å². The van der Waals surface area contributed by atoms with Crippen LogP contribution in [-0.2, 0) is 10.0 Å². The first-order chi connectivity index (χ1) is 14.2. The summed E-state index contributed by atoms with van der Waals surface area (Å²) in [6.07, 6.45) is 4.22. The first-order valence-corrected chi connectivity index (χ1v) is 11.9. The Morgan fingerprint density at radius 3 is 2.53 bits per heavy atom. The van der Waals surface area contributed by atoms with E-state index >= 15 is 0 Å². The van der Waals surface area contributed by atoms with Gasteiger partial charge in [0.05, 0.1) is 17.8 Å². The van der Waals surface area contributed by atoms with Crippen molar-refractivity contribution in [3.63, 3.8) is 0 Å². The quantitative estimate of drug-likeness (QED) is 0.613. The molecular weight excluding hydrogens is 447 g/mol. The van der Waals surface area contributed by atoms with Crippen LogP contribution >= 0.6 is 23.2 Å². The van der Waals surface area contributed by atoms with Crippen LogP contribution in [0.2, 0.25) is 10.0 Å². The molecule has 0 spiro atoms. The summed E-state index contributed by atoms with van der Waals surface area (Å²) in [7, 11) is -2.73. The Bertz CT molecular complexity index is 1040. The Hall–Kier alpha value is -1.96. The highest BCUT2D eigenvalue weighted by Gasteiger charge is 2.26. The van der Waals surface area contributed by atoms with Gasteiger partial charge in [-0.3, -0.25) is 9.52 Å². The van der Waals surface area contributed by atoms with Crippen LogP contribution in [-0.4, -0.2) is 27.5 Å². The summed E-state index contributed by atoms with van der Waals surface area (Å²) in [6.45, 7) is 2.12. The SMILES string of the molecule is COc1ccc(C(=O)NC2CCCCC2C)cc1S(=O)(=O)Nc1cc(Cl)ccc1Cl. The molecule has 1 amide bonds. The van der Waals surface area contributed by atoms with Crippen LogP contribution in [0.1, 0.15) is 43.0 Å². The molecule has 2 unspecified atom stereocenters. The van der Waals surface area contributed by atoms with Gasteiger partial charge in [0.15, 0.2) is 0 Å². The number of anilines is 1. The molecule has 1 fully saturated rings. The minimum absolute atomic E-state index is 0.0804. The van der Waals surface area contributed by atoms with E-state index < -0.39 is 10.0 Å². The van der Waals surface area contributed by atoms with E-state index in [-0.39, 0.29) is 38.9 Å². The largest absolute Gasteiger partial charge is 0.495 e. The van der Waals surface area contributed by atoms with Gasteiger partial charge in [-0.2, -0.15) is 0 Å². The molecule has 0 radical (unpaired) electrons. The van der Waals surface area contributed by atoms with Crippen molar-refractivity contribution >= 4 is 44.8 Å². The first-order valence-electron chi connectivity index (χ1n) is 9.68. The van der Waals surface area contributed by atoms with Gasteiger partial charge in [0.25, 0.3) is 15.9 Å². The third-order valence-electron chi connectivity index (χ3n) is 5.32. The second kappa shape index (κ2) is 9.45. The van der Waals surface area contributed by atoms with Gasteiger partial charge in [-0.05, 0) is 55.2 Å². The Labute approximate surface area is 187 Å². The number of ether oxygens (including phenoxy) is 1. The summed E-state index contributed by atoms with van der Waals surface area (Å²) in [5.41, 5.74) is 0.378. The van der Waals surface area contributed by atoms with Crippen molar-refractivity contribution in [2.75, 3.05) is 11.8 Å². The van der Waals surface area contributed by atoms with Crippen molar-refractivity contribution in [1.29, 1.82) is 0 Å². The standard InChI is InChI=1S/C21H24Cl2N2O4S/c1-13-5-3-4-6-17(13)24-21(26)14-7-10-19(29-2)20(11-14)30(27,28)25-18-12-15(22)8-9-16(18)23/h7-13,17,25H,3-6H2,1-2H3,(H,24,26). The maximum atomic E-state index is 13.0. The van der Waals surface area contributed by atoms with Gasteiger partial charge in [0.1, 0.15) is 10.6 Å². The van der Waals surface area contributed by atoms with Crippen LogP contribution < -0.4 is 14.8 Å². The molecular formula is C21H24Cl2N2O4S. The molecule has 1 saturated carbocycles. The summed E-state index contributed by atoms with van der Waals surface area (Å²) >= 11 is 12.0. The van der Waals surface area contributed by atoms with E-state index in [4.69, 9.17) is 27.9 Å². The fraction of sp³-hybridized carbons (Fsp3) is 0.381. The number of benzene rings is 2. The van der Waals surface area contributed by atoms with Crippen LogP contribution in [0.4, 0.5) is 5.69 Å². The Balaban J connectivity index is 1.90. The van der Waals surface area contributed by atoms with E-state index in [1.165, 1.54) is 31.4 Å². The molecule has 0 aliphatic heterocycles. The fourth-order valence-corrected chi connectivity index (χ4v) is 5.25. The van der Waals surface area contributed by atoms with Crippen LogP contribution in [0.5, 0.6) is 5.75 Å². The maximum absolute atomic E-state index is 13.0. The number of rotatable bonds is 6. The molecule has 2 aromatic rings. The number of carbonyl (C=O) groups is 1. The van der Waals surface area contributed by atoms with Gasteiger partial charge < -0.3 is 10.1 Å². The number of nitrogens with one attached hydrogen (secondary N) is 2. The van der Waals surface area contributed by atoms with Crippen LogP contribution in [0, 0.1) is 5.92 Å². The van der Waals surface area contributed by atoms with Crippen molar-refractivity contribution in [3.05, 3.63) is 52.0 Å². The zero-order valence-corrected chi connectivity index (χ0v) is 19.1. The molecule has 1 aliphatic rings. The molecule has 9 heteroatoms. The minimum Gasteiger partial charge on any atom is -0.495 e. The highest BCUT2D eigenvalue weighted by molar-refractivity contribution is 7.92. The smallest absolute Gasteiger partial charge is 0.265 e. The number of methoxy groups -OCH3 is 1. The van der Waals surface area contributed by atoms with Gasteiger partial charge in [-0.25, -0.2) is 8.42 Å². The van der Waals surface area contributed by atoms with E-state index in [1.807, 2.05) is 0 Å². The maximum Gasteiger partial charge on any atom is 0.265 e. The molecule has 0 heterocycles. The number of halogens is 2. The lowest BCUT2D eigenvalue weighted by Gasteiger charge is -2.29. The minimum atomic E-state index is -4.09. The van der Waals surface area contributed by atoms with Crippen molar-refractivity contribution < 1.29 is 17.9 Å². The Morgan fingerprint density at radius 2 is 1.83 bits per heavy atom. The zero-order valence-electron chi connectivity index (χ0n) is 16.7. The summed E-state index contributed by atoms with van der Waals surface area (Å²) < 4.78 is 33.7. The van der Waals surface area contributed by atoms with Crippen molar-refractivity contribution in [1.82, 2.24) is 5.32 Å². The van der Waals surface area contributed by atoms with Crippen LogP contribution in [0.3, 0.4) is 0 Å². The molecule has 0 bridgehead atoms. The first kappa shape index (κ1) is 22.7. The second-order valence-electron chi connectivity index (χ2n) is 7.44. The number of amides is 1. The Morgan fingerprint density at radius 1 is 1.10 bits per heavy atom. The molecule has 6 nitrogen and oxygen atoms in total. The monoisotopic (exact) mass is 470 g/mol. The van der Waals surface area contributed by atoms with Gasteiger partial charge in [0.2, 0.25) is 0 Å². The molecule has 2 N–H and O–H groups in total. The number of carbonyl (C=O) groups excluding carboxylic acids is 1. The second-order valence-corrected chi connectivity index (χ2v) is 9.93. The van der Waals surface area contributed by atoms with E-state index in [0.29, 0.717) is 10.9 Å². The third-order valence-corrected chi connectivity index (χ3v) is 7.27. The molecule has 162 valence electrons. The van der Waals surface area contributed by atoms with E-state index in [1.54, 1.807) is 12.1 Å². The third kappa shape index (κ3) is 5.20. The summed E-state index contributed by atoms with van der Waals surface area (Å²) in [5.74, 6) is 0.188. The fourth-order valence-electron chi connectivity index (χ4n) is 3.59. The van der Waals surface area contributed by atoms with Crippen molar-refractivity contribution in [2.24, 2.45) is 5.92 Å². The van der Waals surface area contributed by atoms with Gasteiger partial charge in [-0.1, -0.05) is 43.0 Å². The van der Waals surface area contributed by atoms with Crippen molar-refractivity contribution in [2.45, 2.75) is 43.5 Å². The van der Waals surface area contributed by atoms with Crippen LogP contribution in [0.15, 0.2) is 41.3 Å². The lowest BCUT2D eigenvalue weighted by molar-refractivity contribution is 0.0910. The summed E-state index contributed by atoms with van der Waals surface area (Å²) in [6, 6.07) is 8.86. The predicted molar refractivity (Wildman–Crippen MR) is 119 cm³/mol. The summed E-state index contributed by atoms with van der Waals surface area (Å²) in [4.78, 5) is 12.6. The topological polar surface area (TPSA) is 84.5 Å². The van der Waals surface area contributed by atoms with E-state index in [2.05, 4.69) is 17.0 Å². The molecule has 3 rings (SSSR count). The normalized spacial score (nSPS) is 19.2. The van der Waals surface area contributed by atoms with Gasteiger partial charge in [0, 0.05) is 16.6 Å². The average Bonchev–Trinajstić information content (AvgIpc) is 2.71. The predicted octanol–water partition coefficient (Wildman–Crippen LogP) is 5.11.